The van der Waals surface area contributed by atoms with Crippen molar-refractivity contribution < 1.29 is 4.79 Å². The minimum absolute atomic E-state index is 0.0580. The first-order valence-corrected chi connectivity index (χ1v) is 7.75. The van der Waals surface area contributed by atoms with E-state index in [1.807, 2.05) is 24.3 Å². The first-order chi connectivity index (χ1) is 8.59. The standard InChI is InChI=1S/C12H10Br2N2OS/c1-16-12(9(14)6-15-16)10(17)7-18-11-5-3-2-4-8(11)13/h2-6H,7H2,1H3. The topological polar surface area (TPSA) is 34.9 Å². The van der Waals surface area contributed by atoms with Gasteiger partial charge in [-0.2, -0.15) is 5.10 Å². The van der Waals surface area contributed by atoms with Gasteiger partial charge in [0.05, 0.1) is 16.4 Å². The third-order valence-corrected chi connectivity index (χ3v) is 4.96. The molecule has 0 aliphatic carbocycles. The zero-order valence-corrected chi connectivity index (χ0v) is 13.5. The highest BCUT2D eigenvalue weighted by atomic mass is 79.9. The number of benzene rings is 1. The molecule has 1 aromatic carbocycles. The van der Waals surface area contributed by atoms with Gasteiger partial charge in [0.25, 0.3) is 0 Å². The number of carbonyl (C=O) groups excluding carboxylic acids is 1. The molecular weight excluding hydrogens is 380 g/mol. The highest BCUT2D eigenvalue weighted by molar-refractivity contribution is 9.10. The number of carbonyl (C=O) groups is 1. The van der Waals surface area contributed by atoms with Crippen molar-refractivity contribution in [1.29, 1.82) is 0 Å². The molecule has 0 fully saturated rings. The fraction of sp³-hybridized carbons (Fsp3) is 0.167. The molecule has 0 N–H and O–H groups in total. The number of rotatable bonds is 4. The molecule has 0 radical (unpaired) electrons. The molecule has 0 bridgehead atoms. The lowest BCUT2D eigenvalue weighted by molar-refractivity contribution is 0.101. The quantitative estimate of drug-likeness (QED) is 0.587. The third kappa shape index (κ3) is 3.05. The summed E-state index contributed by atoms with van der Waals surface area (Å²) in [7, 11) is 1.76. The minimum atomic E-state index is 0.0580. The van der Waals surface area contributed by atoms with Gasteiger partial charge in [-0.15, -0.1) is 11.8 Å². The van der Waals surface area contributed by atoms with E-state index < -0.39 is 0 Å². The van der Waals surface area contributed by atoms with Crippen LogP contribution in [0.2, 0.25) is 0 Å². The molecule has 0 aliphatic heterocycles. The van der Waals surface area contributed by atoms with Crippen LogP contribution in [0.15, 0.2) is 44.3 Å². The first-order valence-electron chi connectivity index (χ1n) is 5.17. The van der Waals surface area contributed by atoms with E-state index in [0.717, 1.165) is 13.8 Å². The van der Waals surface area contributed by atoms with Crippen molar-refractivity contribution in [2.24, 2.45) is 7.05 Å². The van der Waals surface area contributed by atoms with E-state index >= 15 is 0 Å². The Labute approximate surface area is 126 Å². The minimum Gasteiger partial charge on any atom is -0.291 e. The van der Waals surface area contributed by atoms with Crippen molar-refractivity contribution in [3.63, 3.8) is 0 Å². The fourth-order valence-electron chi connectivity index (χ4n) is 1.50. The van der Waals surface area contributed by atoms with Crippen LogP contribution in [-0.2, 0) is 7.05 Å². The van der Waals surface area contributed by atoms with Crippen molar-refractivity contribution in [2.45, 2.75) is 4.90 Å². The van der Waals surface area contributed by atoms with Crippen molar-refractivity contribution >= 4 is 49.4 Å². The number of nitrogens with zero attached hydrogens (tertiary/aromatic N) is 2. The number of Topliss-reactive ketones (excluding diaryl/α,β-unsaturated/α-hetero) is 1. The number of aromatic nitrogens is 2. The summed E-state index contributed by atoms with van der Waals surface area (Å²) in [6.45, 7) is 0. The molecule has 0 amide bonds. The predicted molar refractivity (Wildman–Crippen MR) is 80.1 cm³/mol. The molecule has 2 rings (SSSR count). The van der Waals surface area contributed by atoms with E-state index in [1.54, 1.807) is 17.9 Å². The van der Waals surface area contributed by atoms with Crippen LogP contribution in [0.5, 0.6) is 0 Å². The number of aryl methyl sites for hydroxylation is 1. The molecule has 0 unspecified atom stereocenters. The van der Waals surface area contributed by atoms with Crippen LogP contribution in [0.4, 0.5) is 0 Å². The van der Waals surface area contributed by atoms with Crippen LogP contribution in [0.3, 0.4) is 0 Å². The second-order valence-electron chi connectivity index (χ2n) is 3.61. The summed E-state index contributed by atoms with van der Waals surface area (Å²) in [6.07, 6.45) is 1.64. The van der Waals surface area contributed by atoms with E-state index in [4.69, 9.17) is 0 Å². The Morgan fingerprint density at radius 3 is 2.67 bits per heavy atom. The number of hydrogen-bond donors (Lipinski definition) is 0. The van der Waals surface area contributed by atoms with Crippen LogP contribution in [0.1, 0.15) is 10.5 Å². The number of hydrogen-bond acceptors (Lipinski definition) is 3. The second-order valence-corrected chi connectivity index (χ2v) is 6.33. The smallest absolute Gasteiger partial charge is 0.192 e. The molecule has 1 aromatic heterocycles. The molecule has 0 saturated heterocycles. The molecule has 0 atom stereocenters. The lowest BCUT2D eigenvalue weighted by Crippen LogP contribution is -2.09. The zero-order chi connectivity index (χ0) is 13.1. The first kappa shape index (κ1) is 13.8. The SMILES string of the molecule is Cn1ncc(Br)c1C(=O)CSc1ccccc1Br. The Morgan fingerprint density at radius 1 is 1.33 bits per heavy atom. The maximum atomic E-state index is 12.1. The summed E-state index contributed by atoms with van der Waals surface area (Å²) in [6, 6.07) is 7.86. The van der Waals surface area contributed by atoms with E-state index in [2.05, 4.69) is 37.0 Å². The largest absolute Gasteiger partial charge is 0.291 e. The summed E-state index contributed by atoms with van der Waals surface area (Å²) >= 11 is 8.31. The molecule has 0 spiro atoms. The summed E-state index contributed by atoms with van der Waals surface area (Å²) in [4.78, 5) is 13.2. The monoisotopic (exact) mass is 388 g/mol. The molecule has 1 heterocycles. The van der Waals surface area contributed by atoms with Crippen LogP contribution < -0.4 is 0 Å². The second kappa shape index (κ2) is 6.04. The average molecular weight is 390 g/mol. The van der Waals surface area contributed by atoms with Crippen molar-refractivity contribution in [2.75, 3.05) is 5.75 Å². The fourth-order valence-corrected chi connectivity index (χ4v) is 3.50. The lowest BCUT2D eigenvalue weighted by atomic mass is 10.3. The Bertz CT molecular complexity index is 564. The van der Waals surface area contributed by atoms with Crippen molar-refractivity contribution in [3.8, 4) is 0 Å². The summed E-state index contributed by atoms with van der Waals surface area (Å²) in [5.41, 5.74) is 0.606. The summed E-state index contributed by atoms with van der Waals surface area (Å²) < 4.78 is 3.34. The van der Waals surface area contributed by atoms with Gasteiger partial charge < -0.3 is 0 Å². The molecular formula is C12H10Br2N2OS. The Morgan fingerprint density at radius 2 is 2.06 bits per heavy atom. The van der Waals surface area contributed by atoms with Crippen LogP contribution in [-0.4, -0.2) is 21.3 Å². The number of ketones is 1. The van der Waals surface area contributed by atoms with Crippen molar-refractivity contribution in [3.05, 3.63) is 45.1 Å². The maximum Gasteiger partial charge on any atom is 0.192 e. The predicted octanol–water partition coefficient (Wildman–Crippen LogP) is 3.92. The maximum absolute atomic E-state index is 12.1. The normalized spacial score (nSPS) is 10.6. The van der Waals surface area contributed by atoms with Gasteiger partial charge >= 0.3 is 0 Å². The van der Waals surface area contributed by atoms with Crippen molar-refractivity contribution in [1.82, 2.24) is 9.78 Å². The van der Waals surface area contributed by atoms with Gasteiger partial charge in [-0.1, -0.05) is 12.1 Å². The molecule has 94 valence electrons. The highest BCUT2D eigenvalue weighted by Gasteiger charge is 2.15. The van der Waals surface area contributed by atoms with E-state index in [-0.39, 0.29) is 5.78 Å². The molecule has 3 nitrogen and oxygen atoms in total. The van der Waals surface area contributed by atoms with Crippen LogP contribution >= 0.6 is 43.6 Å². The van der Waals surface area contributed by atoms with Gasteiger partial charge in [-0.3, -0.25) is 9.48 Å². The Kier molecular flexibility index (Phi) is 4.64. The third-order valence-electron chi connectivity index (χ3n) is 2.35. The average Bonchev–Trinajstić information content (AvgIpc) is 2.68. The molecule has 18 heavy (non-hydrogen) atoms. The highest BCUT2D eigenvalue weighted by Crippen LogP contribution is 2.28. The molecule has 6 heteroatoms. The van der Waals surface area contributed by atoms with Gasteiger partial charge in [-0.05, 0) is 44.0 Å². The van der Waals surface area contributed by atoms with E-state index in [9.17, 15) is 4.79 Å². The zero-order valence-electron chi connectivity index (χ0n) is 9.56. The molecule has 0 saturated carbocycles. The van der Waals surface area contributed by atoms with Gasteiger partial charge in [0.15, 0.2) is 5.78 Å². The van der Waals surface area contributed by atoms with Crippen LogP contribution in [0.25, 0.3) is 0 Å². The Balaban J connectivity index is 2.08. The number of thioether (sulfide) groups is 1. The van der Waals surface area contributed by atoms with E-state index in [1.165, 1.54) is 11.8 Å². The lowest BCUT2D eigenvalue weighted by Gasteiger charge is -2.04. The summed E-state index contributed by atoms with van der Waals surface area (Å²) in [5.74, 6) is 0.448. The Hall–Kier alpha value is -0.590. The van der Waals surface area contributed by atoms with Crippen LogP contribution in [0, 0.1) is 0 Å². The van der Waals surface area contributed by atoms with E-state index in [0.29, 0.717) is 11.4 Å². The number of halogens is 2. The van der Waals surface area contributed by atoms with Gasteiger partial charge in [0.2, 0.25) is 0 Å². The summed E-state index contributed by atoms with van der Waals surface area (Å²) in [5, 5.41) is 4.04. The molecule has 0 aliphatic rings. The molecule has 2 aromatic rings. The van der Waals surface area contributed by atoms with Gasteiger partial charge in [0, 0.05) is 16.4 Å². The van der Waals surface area contributed by atoms with Gasteiger partial charge in [-0.25, -0.2) is 0 Å². The van der Waals surface area contributed by atoms with Gasteiger partial charge in [0.1, 0.15) is 5.69 Å².